The summed E-state index contributed by atoms with van der Waals surface area (Å²) in [5, 5.41) is 1.19. The second kappa shape index (κ2) is 14.7. The Bertz CT molecular complexity index is 766. The van der Waals surface area contributed by atoms with Gasteiger partial charge in [0.25, 0.3) is 0 Å². The molecular weight excluding hydrogens is 354 g/mol. The number of benzene rings is 2. The molecule has 2 heteroatoms. The predicted octanol–water partition coefficient (Wildman–Crippen LogP) is 8.94. The topological polar surface area (TPSA) is 25.0 Å². The molecule has 3 aromatic rings. The summed E-state index contributed by atoms with van der Waals surface area (Å²) < 4.78 is 5.80. The molecule has 0 bridgehead atoms. The fraction of sp³-hybridized carbons (Fsp3) is 0.481. The molecule has 1 N–H and O–H groups in total. The summed E-state index contributed by atoms with van der Waals surface area (Å²) >= 11 is 0. The Kier molecular flexibility index (Phi) is 13.6. The third kappa shape index (κ3) is 11.4. The SMILES string of the molecule is CC.CC.CCCC(C)(C)C.Cc1cc2cc(OCc3ccccc3)ccc2[nH]1. The van der Waals surface area contributed by atoms with Crippen molar-refractivity contribution in [3.63, 3.8) is 0 Å². The van der Waals surface area contributed by atoms with Crippen molar-refractivity contribution in [1.29, 1.82) is 0 Å². The molecule has 0 atom stereocenters. The summed E-state index contributed by atoms with van der Waals surface area (Å²) in [6.45, 7) is 19.7. The summed E-state index contributed by atoms with van der Waals surface area (Å²) in [6.07, 6.45) is 2.65. The highest BCUT2D eigenvalue weighted by atomic mass is 16.5. The van der Waals surface area contributed by atoms with E-state index in [0.717, 1.165) is 11.3 Å². The Hall–Kier alpha value is -2.22. The molecule has 0 aliphatic heterocycles. The number of rotatable bonds is 4. The quantitative estimate of drug-likeness (QED) is 0.467. The molecule has 1 aromatic heterocycles. The zero-order chi connectivity index (χ0) is 22.3. The number of hydrogen-bond donors (Lipinski definition) is 1. The van der Waals surface area contributed by atoms with E-state index in [1.165, 1.54) is 29.5 Å². The van der Waals surface area contributed by atoms with Crippen molar-refractivity contribution in [2.75, 3.05) is 0 Å². The van der Waals surface area contributed by atoms with Crippen molar-refractivity contribution in [2.45, 2.75) is 81.8 Å². The van der Waals surface area contributed by atoms with E-state index in [4.69, 9.17) is 4.74 Å². The van der Waals surface area contributed by atoms with Gasteiger partial charge < -0.3 is 9.72 Å². The van der Waals surface area contributed by atoms with Crippen molar-refractivity contribution >= 4 is 10.9 Å². The molecule has 0 unspecified atom stereocenters. The lowest BCUT2D eigenvalue weighted by molar-refractivity contribution is 0.306. The molecule has 0 radical (unpaired) electrons. The van der Waals surface area contributed by atoms with E-state index in [9.17, 15) is 0 Å². The van der Waals surface area contributed by atoms with Gasteiger partial charge in [-0.05, 0) is 48.6 Å². The molecule has 0 fully saturated rings. The molecule has 0 saturated heterocycles. The van der Waals surface area contributed by atoms with E-state index in [-0.39, 0.29) is 0 Å². The average Bonchev–Trinajstić information content (AvgIpc) is 3.09. The Morgan fingerprint density at radius 2 is 1.48 bits per heavy atom. The Morgan fingerprint density at radius 1 is 0.862 bits per heavy atom. The van der Waals surface area contributed by atoms with Crippen molar-refractivity contribution < 1.29 is 4.74 Å². The van der Waals surface area contributed by atoms with Crippen LogP contribution in [0.3, 0.4) is 0 Å². The van der Waals surface area contributed by atoms with Crippen LogP contribution in [-0.4, -0.2) is 4.98 Å². The number of hydrogen-bond acceptors (Lipinski definition) is 1. The second-order valence-corrected chi connectivity index (χ2v) is 7.79. The summed E-state index contributed by atoms with van der Waals surface area (Å²) in [5.74, 6) is 0.908. The van der Waals surface area contributed by atoms with Crippen molar-refractivity contribution in [2.24, 2.45) is 5.41 Å². The second-order valence-electron chi connectivity index (χ2n) is 7.79. The van der Waals surface area contributed by atoms with Crippen molar-refractivity contribution in [3.8, 4) is 5.75 Å². The summed E-state index contributed by atoms with van der Waals surface area (Å²) in [6, 6.07) is 18.5. The van der Waals surface area contributed by atoms with Crippen LogP contribution >= 0.6 is 0 Å². The van der Waals surface area contributed by atoms with Gasteiger partial charge in [0.1, 0.15) is 12.4 Å². The van der Waals surface area contributed by atoms with Crippen LogP contribution in [0.1, 0.15) is 79.5 Å². The molecule has 1 heterocycles. The maximum Gasteiger partial charge on any atom is 0.120 e. The molecule has 3 rings (SSSR count). The first-order valence-electron chi connectivity index (χ1n) is 11.1. The third-order valence-electron chi connectivity index (χ3n) is 3.98. The molecule has 162 valence electrons. The minimum absolute atomic E-state index is 0.550. The molecule has 29 heavy (non-hydrogen) atoms. The molecule has 0 spiro atoms. The Balaban J connectivity index is 0.000000606. The Morgan fingerprint density at radius 3 is 2.00 bits per heavy atom. The maximum atomic E-state index is 5.80. The first-order chi connectivity index (χ1) is 13.9. The zero-order valence-electron chi connectivity index (χ0n) is 20.2. The van der Waals surface area contributed by atoms with Crippen LogP contribution in [0.25, 0.3) is 10.9 Å². The fourth-order valence-electron chi connectivity index (χ4n) is 2.84. The van der Waals surface area contributed by atoms with E-state index in [1.807, 2.05) is 52.0 Å². The number of aromatic nitrogens is 1. The summed E-state index contributed by atoms with van der Waals surface area (Å²) in [5.41, 5.74) is 4.06. The number of aromatic amines is 1. The third-order valence-corrected chi connectivity index (χ3v) is 3.98. The van der Waals surface area contributed by atoms with Gasteiger partial charge in [-0.1, -0.05) is 92.1 Å². The van der Waals surface area contributed by atoms with Gasteiger partial charge in [0.05, 0.1) is 0 Å². The molecule has 2 aromatic carbocycles. The average molecular weight is 398 g/mol. The smallest absolute Gasteiger partial charge is 0.120 e. The van der Waals surface area contributed by atoms with Crippen molar-refractivity contribution in [1.82, 2.24) is 4.98 Å². The van der Waals surface area contributed by atoms with E-state index in [0.29, 0.717) is 12.0 Å². The molecular formula is C27H43NO. The molecule has 0 aliphatic carbocycles. The lowest BCUT2D eigenvalue weighted by Gasteiger charge is -2.15. The van der Waals surface area contributed by atoms with Crippen LogP contribution in [0.2, 0.25) is 0 Å². The first-order valence-corrected chi connectivity index (χ1v) is 11.1. The largest absolute Gasteiger partial charge is 0.489 e. The lowest BCUT2D eigenvalue weighted by Crippen LogP contribution is -2.02. The van der Waals surface area contributed by atoms with Crippen LogP contribution in [0, 0.1) is 12.3 Å². The molecule has 0 aliphatic rings. The summed E-state index contributed by atoms with van der Waals surface area (Å²) in [4.78, 5) is 3.30. The van der Waals surface area contributed by atoms with Gasteiger partial charge in [0.2, 0.25) is 0 Å². The summed E-state index contributed by atoms with van der Waals surface area (Å²) in [7, 11) is 0. The number of H-pyrrole nitrogens is 1. The monoisotopic (exact) mass is 397 g/mol. The zero-order valence-corrected chi connectivity index (χ0v) is 20.2. The van der Waals surface area contributed by atoms with Gasteiger partial charge in [0, 0.05) is 16.6 Å². The number of fused-ring (bicyclic) bond motifs is 1. The normalized spacial score (nSPS) is 9.97. The van der Waals surface area contributed by atoms with Gasteiger partial charge in [0.15, 0.2) is 0 Å². The van der Waals surface area contributed by atoms with Crippen molar-refractivity contribution in [3.05, 3.63) is 65.9 Å². The van der Waals surface area contributed by atoms with Crippen LogP contribution < -0.4 is 4.74 Å². The molecule has 2 nitrogen and oxygen atoms in total. The van der Waals surface area contributed by atoms with Gasteiger partial charge in [-0.3, -0.25) is 0 Å². The minimum Gasteiger partial charge on any atom is -0.489 e. The maximum absolute atomic E-state index is 5.80. The van der Waals surface area contributed by atoms with Crippen LogP contribution in [0.4, 0.5) is 0 Å². The number of aryl methyl sites for hydroxylation is 1. The predicted molar refractivity (Wildman–Crippen MR) is 131 cm³/mol. The number of ether oxygens (including phenoxy) is 1. The van der Waals surface area contributed by atoms with E-state index in [2.05, 4.69) is 69.9 Å². The van der Waals surface area contributed by atoms with Crippen LogP contribution in [0.5, 0.6) is 5.75 Å². The van der Waals surface area contributed by atoms with E-state index in [1.54, 1.807) is 0 Å². The number of nitrogens with one attached hydrogen (secondary N) is 1. The highest BCUT2D eigenvalue weighted by Gasteiger charge is 2.06. The van der Waals surface area contributed by atoms with Crippen LogP contribution in [0.15, 0.2) is 54.6 Å². The molecule has 0 amide bonds. The van der Waals surface area contributed by atoms with Gasteiger partial charge >= 0.3 is 0 Å². The Labute approximate surface area is 179 Å². The lowest BCUT2D eigenvalue weighted by atomic mass is 9.91. The van der Waals surface area contributed by atoms with E-state index < -0.39 is 0 Å². The highest BCUT2D eigenvalue weighted by Crippen LogP contribution is 2.22. The van der Waals surface area contributed by atoms with E-state index >= 15 is 0 Å². The standard InChI is InChI=1S/C16H15NO.C7H16.2C2H6/c1-12-9-14-10-15(7-8-16(14)17-12)18-11-13-5-3-2-4-6-13;1-5-6-7(2,3)4;2*1-2/h2-10,17H,11H2,1H3;5-6H2,1-4H3;2*1-2H3. The fourth-order valence-corrected chi connectivity index (χ4v) is 2.84. The van der Waals surface area contributed by atoms with Crippen LogP contribution in [-0.2, 0) is 6.61 Å². The highest BCUT2D eigenvalue weighted by molar-refractivity contribution is 5.81. The van der Waals surface area contributed by atoms with Gasteiger partial charge in [-0.15, -0.1) is 0 Å². The van der Waals surface area contributed by atoms with Gasteiger partial charge in [-0.25, -0.2) is 0 Å². The first kappa shape index (κ1) is 26.8. The minimum atomic E-state index is 0.550. The van der Waals surface area contributed by atoms with Gasteiger partial charge in [-0.2, -0.15) is 0 Å². The molecule has 0 saturated carbocycles.